The summed E-state index contributed by atoms with van der Waals surface area (Å²) >= 11 is 0. The Morgan fingerprint density at radius 2 is 1.63 bits per heavy atom. The molecule has 0 radical (unpaired) electrons. The zero-order valence-electron chi connectivity index (χ0n) is 31.0. The monoisotopic (exact) mass is 682 g/mol. The van der Waals surface area contributed by atoms with Crippen molar-refractivity contribution in [1.29, 1.82) is 0 Å². The van der Waals surface area contributed by atoms with Crippen LogP contribution in [0.5, 0.6) is 0 Å². The van der Waals surface area contributed by atoms with Gasteiger partial charge in [-0.15, -0.1) is 0 Å². The first kappa shape index (κ1) is 34.1. The van der Waals surface area contributed by atoms with Crippen molar-refractivity contribution >= 4 is 18.2 Å². The van der Waals surface area contributed by atoms with Crippen molar-refractivity contribution in [2.45, 2.75) is 143 Å². The third kappa shape index (κ3) is 4.88. The van der Waals surface area contributed by atoms with Crippen molar-refractivity contribution in [1.82, 2.24) is 9.80 Å². The molecule has 12 atom stereocenters. The van der Waals surface area contributed by atoms with E-state index in [1.54, 1.807) is 4.90 Å². The smallest absolute Gasteiger partial charge is 0.410 e. The van der Waals surface area contributed by atoms with E-state index in [9.17, 15) is 19.5 Å². The molecule has 1 N–H and O–H groups in total. The maximum absolute atomic E-state index is 13.1. The van der Waals surface area contributed by atoms with Gasteiger partial charge in [0.1, 0.15) is 12.2 Å². The molecule has 49 heavy (non-hydrogen) atoms. The zero-order valence-corrected chi connectivity index (χ0v) is 31.0. The number of hydrogen-bond donors (Lipinski definition) is 1. The number of rotatable bonds is 7. The van der Waals surface area contributed by atoms with Gasteiger partial charge in [0, 0.05) is 31.6 Å². The van der Waals surface area contributed by atoms with Crippen LogP contribution in [0.25, 0.3) is 0 Å². The second kappa shape index (κ2) is 11.7. The van der Waals surface area contributed by atoms with Crippen molar-refractivity contribution in [2.24, 2.45) is 63.1 Å². The summed E-state index contributed by atoms with van der Waals surface area (Å²) in [6.07, 6.45) is 13.4. The number of carbonyl (C=O) groups excluding carboxylic acids is 2. The first-order chi connectivity index (χ1) is 23.3. The Labute approximate surface area is 293 Å². The van der Waals surface area contributed by atoms with Gasteiger partial charge >= 0.3 is 18.2 Å². The molecule has 8 rings (SSSR count). The molecule has 2 spiro atoms. The predicted octanol–water partition coefficient (Wildman–Crippen LogP) is 7.61. The predicted molar refractivity (Wildman–Crippen MR) is 184 cm³/mol. The molecule has 9 nitrogen and oxygen atoms in total. The van der Waals surface area contributed by atoms with Gasteiger partial charge in [-0.05, 0) is 122 Å². The molecule has 0 bridgehead atoms. The lowest BCUT2D eigenvalue weighted by atomic mass is 9.45. The summed E-state index contributed by atoms with van der Waals surface area (Å²) in [4.78, 5) is 40.7. The van der Waals surface area contributed by atoms with E-state index in [0.29, 0.717) is 34.5 Å². The zero-order chi connectivity index (χ0) is 34.7. The molecule has 274 valence electrons. The van der Waals surface area contributed by atoms with Crippen LogP contribution >= 0.6 is 0 Å². The van der Waals surface area contributed by atoms with Crippen molar-refractivity contribution in [3.05, 3.63) is 0 Å². The van der Waals surface area contributed by atoms with Gasteiger partial charge in [-0.2, -0.15) is 0 Å². The number of ether oxygens (including phenoxy) is 3. The van der Waals surface area contributed by atoms with Crippen LogP contribution in [0.3, 0.4) is 0 Å². The molecule has 2 amide bonds. The van der Waals surface area contributed by atoms with E-state index in [0.717, 1.165) is 44.7 Å². The Hall–Kier alpha value is -2.03. The Bertz CT molecular complexity index is 1340. The first-order valence-corrected chi connectivity index (χ1v) is 20.1. The van der Waals surface area contributed by atoms with E-state index >= 15 is 0 Å². The highest BCUT2D eigenvalue weighted by Crippen LogP contribution is 2.87. The van der Waals surface area contributed by atoms with E-state index in [4.69, 9.17) is 14.2 Å². The summed E-state index contributed by atoms with van der Waals surface area (Å²) in [5, 5.41) is 9.28. The van der Waals surface area contributed by atoms with Crippen LogP contribution in [0, 0.1) is 63.1 Å². The average molecular weight is 683 g/mol. The number of carbonyl (C=O) groups is 3. The fourth-order valence-electron chi connectivity index (χ4n) is 14.0. The molecule has 9 heteroatoms. The number of nitrogens with zero attached hydrogens (tertiary/aromatic N) is 2. The Balaban J connectivity index is 0.999. The normalized spacial score (nSPS) is 45.4. The minimum Gasteiger partial charge on any atom is -0.481 e. The van der Waals surface area contributed by atoms with E-state index in [1.165, 1.54) is 51.4 Å². The largest absolute Gasteiger partial charge is 0.481 e. The van der Waals surface area contributed by atoms with Crippen LogP contribution in [-0.2, 0) is 19.0 Å². The molecule has 0 aromatic carbocycles. The molecule has 8 fully saturated rings. The first-order valence-electron chi connectivity index (χ1n) is 20.1. The molecule has 8 aliphatic rings. The van der Waals surface area contributed by atoms with Crippen molar-refractivity contribution < 1.29 is 33.7 Å². The number of amides is 2. The van der Waals surface area contributed by atoms with Crippen LogP contribution in [0.15, 0.2) is 0 Å². The topological polar surface area (TPSA) is 106 Å². The third-order valence-corrected chi connectivity index (χ3v) is 16.5. The van der Waals surface area contributed by atoms with Crippen LogP contribution in [-0.4, -0.2) is 83.7 Å². The van der Waals surface area contributed by atoms with Gasteiger partial charge in [0.05, 0.1) is 18.1 Å². The highest BCUT2D eigenvalue weighted by molar-refractivity contribution is 5.76. The molecule has 0 aromatic rings. The average Bonchev–Trinajstić information content (AvgIpc) is 3.59. The molecule has 3 aliphatic heterocycles. The molecule has 5 aliphatic carbocycles. The lowest BCUT2D eigenvalue weighted by Gasteiger charge is -2.60. The van der Waals surface area contributed by atoms with Crippen molar-refractivity contribution in [2.75, 3.05) is 26.2 Å². The molecule has 3 heterocycles. The fourth-order valence-corrected chi connectivity index (χ4v) is 14.0. The molecule has 0 aromatic heterocycles. The third-order valence-electron chi connectivity index (χ3n) is 16.5. The summed E-state index contributed by atoms with van der Waals surface area (Å²) in [5.74, 6) is 1.97. The van der Waals surface area contributed by atoms with Crippen molar-refractivity contribution in [3.63, 3.8) is 0 Å². The van der Waals surface area contributed by atoms with Gasteiger partial charge in [-0.3, -0.25) is 4.79 Å². The maximum Gasteiger partial charge on any atom is 0.410 e. The van der Waals surface area contributed by atoms with E-state index in [2.05, 4.69) is 41.5 Å². The maximum atomic E-state index is 13.1. The van der Waals surface area contributed by atoms with Crippen molar-refractivity contribution in [3.8, 4) is 0 Å². The minimum atomic E-state index is -0.833. The highest BCUT2D eigenvalue weighted by atomic mass is 16.6. The van der Waals surface area contributed by atoms with Gasteiger partial charge in [0.2, 0.25) is 0 Å². The summed E-state index contributed by atoms with van der Waals surface area (Å²) in [7, 11) is 0. The highest BCUT2D eigenvalue weighted by Gasteiger charge is 2.81. The van der Waals surface area contributed by atoms with Gasteiger partial charge in [-0.25, -0.2) is 9.59 Å². The lowest BCUT2D eigenvalue weighted by Crippen LogP contribution is -2.57. The number of hydrogen-bond acceptors (Lipinski definition) is 6. The van der Waals surface area contributed by atoms with Crippen LogP contribution in [0.1, 0.15) is 119 Å². The fraction of sp³-hybridized carbons (Fsp3) is 0.925. The van der Waals surface area contributed by atoms with Crippen LogP contribution in [0.4, 0.5) is 9.59 Å². The number of aliphatic carboxylic acids is 1. The van der Waals surface area contributed by atoms with Gasteiger partial charge < -0.3 is 29.1 Å². The molecule has 3 saturated heterocycles. The van der Waals surface area contributed by atoms with Crippen LogP contribution < -0.4 is 0 Å². The quantitative estimate of drug-likeness (QED) is 0.295. The summed E-state index contributed by atoms with van der Waals surface area (Å²) in [6.45, 7) is 16.2. The second-order valence-corrected chi connectivity index (χ2v) is 19.1. The van der Waals surface area contributed by atoms with E-state index in [-0.39, 0.29) is 66.4 Å². The molecule has 11 unspecified atom stereocenters. The SMILES string of the molecule is CCCC1C2OC(C(OC(=O)N3CCC3)C(C)C)CC[C@@H]2C2(C)CCC34CC35CCC(OC(=O)N3CC(C(=O)O)C3)C(C)(C)C5CCC4C12. The second-order valence-electron chi connectivity index (χ2n) is 19.1. The Kier molecular flexibility index (Phi) is 8.17. The lowest BCUT2D eigenvalue weighted by molar-refractivity contribution is -0.156. The molecule has 5 saturated carbocycles. The van der Waals surface area contributed by atoms with E-state index < -0.39 is 11.9 Å². The Morgan fingerprint density at radius 3 is 2.29 bits per heavy atom. The number of fused-ring (bicyclic) bond motifs is 4. The van der Waals surface area contributed by atoms with Gasteiger partial charge in [0.25, 0.3) is 0 Å². The standard InChI is InChI=1S/C40H62N2O7/c1-7-9-25-31-26-11-13-29-37(4,5)30(48-36(46)42-20-24(21-42)34(43)44)14-15-40(29)22-39(26,40)17-16-38(31,6)27-10-12-28(47-33(25)27)32(23(2)3)49-35(45)41-18-8-19-41/h23-33H,7-22H2,1-6H3,(H,43,44)/t25?,26?,27-,28?,29?,30?,31?,32?,33?,38?,39?,40?/m0/s1. The summed E-state index contributed by atoms with van der Waals surface area (Å²) < 4.78 is 19.7. The number of carboxylic acids is 1. The minimum absolute atomic E-state index is 0.0309. The number of likely N-dealkylation sites (tertiary alicyclic amines) is 2. The van der Waals surface area contributed by atoms with Crippen LogP contribution in [0.2, 0.25) is 0 Å². The Morgan fingerprint density at radius 1 is 0.898 bits per heavy atom. The van der Waals surface area contributed by atoms with E-state index in [1.807, 2.05) is 4.90 Å². The van der Waals surface area contributed by atoms with Gasteiger partial charge in [-0.1, -0.05) is 48.0 Å². The van der Waals surface area contributed by atoms with Gasteiger partial charge in [0.15, 0.2) is 0 Å². The summed E-state index contributed by atoms with van der Waals surface area (Å²) in [5.41, 5.74) is 0.917. The number of carboxylic acid groups (broad SMARTS) is 1. The molecular weight excluding hydrogens is 620 g/mol. The summed E-state index contributed by atoms with van der Waals surface area (Å²) in [6, 6.07) is 0. The molecular formula is C40H62N2O7.